The van der Waals surface area contributed by atoms with Crippen LogP contribution >= 0.6 is 11.8 Å². The van der Waals surface area contributed by atoms with E-state index in [1.54, 1.807) is 6.92 Å². The van der Waals surface area contributed by atoms with E-state index in [9.17, 15) is 13.6 Å². The molecule has 0 aliphatic rings. The van der Waals surface area contributed by atoms with Crippen molar-refractivity contribution in [3.63, 3.8) is 0 Å². The van der Waals surface area contributed by atoms with Gasteiger partial charge in [-0.1, -0.05) is 0 Å². The topological polar surface area (TPSA) is 78.1 Å². The summed E-state index contributed by atoms with van der Waals surface area (Å²) in [4.78, 5) is 18.4. The predicted molar refractivity (Wildman–Crippen MR) is 54.3 cm³/mol. The molecular formula is C8H9F2N3O2S. The summed E-state index contributed by atoms with van der Waals surface area (Å²) in [5.74, 6) is -3.47. The summed E-state index contributed by atoms with van der Waals surface area (Å²) in [7, 11) is 0. The van der Waals surface area contributed by atoms with Crippen LogP contribution in [0.25, 0.3) is 0 Å². The predicted octanol–water partition coefficient (Wildman–Crippen LogP) is 1.55. The Morgan fingerprint density at radius 3 is 2.88 bits per heavy atom. The molecule has 1 aromatic heterocycles. The van der Waals surface area contributed by atoms with Crippen LogP contribution in [0.1, 0.15) is 17.3 Å². The number of esters is 1. The zero-order chi connectivity index (χ0) is 12.1. The van der Waals surface area contributed by atoms with Gasteiger partial charge < -0.3 is 10.5 Å². The van der Waals surface area contributed by atoms with Gasteiger partial charge >= 0.3 is 5.97 Å². The fourth-order valence-electron chi connectivity index (χ4n) is 0.881. The minimum atomic E-state index is -2.63. The normalized spacial score (nSPS) is 10.5. The minimum absolute atomic E-state index is 0.0273. The number of nitrogen functional groups attached to an aromatic ring is 1. The molecule has 8 heteroatoms. The number of halogens is 2. The Labute approximate surface area is 94.4 Å². The molecule has 0 amide bonds. The molecule has 0 fully saturated rings. The molecule has 1 rings (SSSR count). The van der Waals surface area contributed by atoms with Gasteiger partial charge in [-0.3, -0.25) is 0 Å². The fraction of sp³-hybridized carbons (Fsp3) is 0.375. The van der Waals surface area contributed by atoms with E-state index in [1.807, 2.05) is 0 Å². The Kier molecular flexibility index (Phi) is 4.41. The van der Waals surface area contributed by atoms with Gasteiger partial charge in [-0.25, -0.2) is 14.8 Å². The van der Waals surface area contributed by atoms with Crippen LogP contribution in [0.5, 0.6) is 0 Å². The largest absolute Gasteiger partial charge is 0.462 e. The molecule has 0 aromatic carbocycles. The first-order valence-electron chi connectivity index (χ1n) is 4.29. The lowest BCUT2D eigenvalue weighted by Gasteiger charge is -2.05. The van der Waals surface area contributed by atoms with Crippen molar-refractivity contribution in [2.45, 2.75) is 17.8 Å². The van der Waals surface area contributed by atoms with Crippen LogP contribution in [-0.2, 0) is 4.74 Å². The smallest absolute Gasteiger partial charge is 0.343 e. The van der Waals surface area contributed by atoms with Gasteiger partial charge in [0.15, 0.2) is 5.16 Å². The van der Waals surface area contributed by atoms with E-state index < -0.39 is 11.7 Å². The minimum Gasteiger partial charge on any atom is -0.462 e. The van der Waals surface area contributed by atoms with Crippen molar-refractivity contribution in [3.05, 3.63) is 11.8 Å². The number of carbonyl (C=O) groups is 1. The van der Waals surface area contributed by atoms with Gasteiger partial charge in [-0.15, -0.1) is 0 Å². The van der Waals surface area contributed by atoms with Crippen molar-refractivity contribution < 1.29 is 18.3 Å². The van der Waals surface area contributed by atoms with Crippen LogP contribution < -0.4 is 5.73 Å². The quantitative estimate of drug-likeness (QED) is 0.495. The van der Waals surface area contributed by atoms with E-state index in [2.05, 4.69) is 14.7 Å². The average molecular weight is 249 g/mol. The third kappa shape index (κ3) is 3.30. The second-order valence-corrected chi connectivity index (χ2v) is 3.51. The van der Waals surface area contributed by atoms with Gasteiger partial charge in [-0.2, -0.15) is 8.78 Å². The zero-order valence-electron chi connectivity index (χ0n) is 8.31. The van der Waals surface area contributed by atoms with E-state index >= 15 is 0 Å². The molecule has 0 unspecified atom stereocenters. The van der Waals surface area contributed by atoms with Crippen LogP contribution in [0.15, 0.2) is 11.4 Å². The number of nitrogens with zero attached hydrogens (tertiary/aromatic N) is 2. The SMILES string of the molecule is CCOC(=O)c1cnc(SC(F)F)nc1N. The number of nitrogens with two attached hydrogens (primary N) is 1. The van der Waals surface area contributed by atoms with Crippen molar-refractivity contribution in [1.29, 1.82) is 0 Å². The third-order valence-electron chi connectivity index (χ3n) is 1.49. The highest BCUT2D eigenvalue weighted by Gasteiger charge is 2.15. The summed E-state index contributed by atoms with van der Waals surface area (Å²) in [6.07, 6.45) is 1.07. The van der Waals surface area contributed by atoms with Crippen LogP contribution in [0.4, 0.5) is 14.6 Å². The Morgan fingerprint density at radius 2 is 2.38 bits per heavy atom. The number of thioether (sulfide) groups is 1. The molecule has 16 heavy (non-hydrogen) atoms. The van der Waals surface area contributed by atoms with Gasteiger partial charge in [0, 0.05) is 6.20 Å². The molecule has 1 aromatic rings. The van der Waals surface area contributed by atoms with Crippen molar-refractivity contribution in [3.8, 4) is 0 Å². The number of anilines is 1. The molecule has 0 aliphatic heterocycles. The second kappa shape index (κ2) is 5.59. The zero-order valence-corrected chi connectivity index (χ0v) is 9.13. The van der Waals surface area contributed by atoms with E-state index in [0.717, 1.165) is 6.20 Å². The van der Waals surface area contributed by atoms with E-state index in [0.29, 0.717) is 0 Å². The Bertz CT molecular complexity index is 390. The summed E-state index contributed by atoms with van der Waals surface area (Å²) in [6.45, 7) is 1.82. The number of ether oxygens (including phenoxy) is 1. The van der Waals surface area contributed by atoms with Gasteiger partial charge in [0.05, 0.1) is 6.61 Å². The maximum Gasteiger partial charge on any atom is 0.343 e. The molecule has 0 saturated carbocycles. The molecule has 2 N–H and O–H groups in total. The summed E-state index contributed by atoms with van der Waals surface area (Å²) < 4.78 is 28.6. The van der Waals surface area contributed by atoms with Crippen molar-refractivity contribution in [2.24, 2.45) is 0 Å². The molecule has 5 nitrogen and oxygen atoms in total. The Hall–Kier alpha value is -1.44. The molecule has 0 spiro atoms. The fourth-order valence-corrected chi connectivity index (χ4v) is 1.30. The Balaban J connectivity index is 2.87. The maximum absolute atomic E-state index is 12.0. The summed E-state index contributed by atoms with van der Waals surface area (Å²) in [5, 5.41) is -0.180. The van der Waals surface area contributed by atoms with Gasteiger partial charge in [0.25, 0.3) is 5.76 Å². The van der Waals surface area contributed by atoms with Crippen LogP contribution in [0.2, 0.25) is 0 Å². The molecular weight excluding hydrogens is 240 g/mol. The second-order valence-electron chi connectivity index (χ2n) is 2.55. The lowest BCUT2D eigenvalue weighted by Crippen LogP contribution is -2.10. The standard InChI is InChI=1S/C8H9F2N3O2S/c1-2-15-6(14)4-3-12-8(13-5(4)11)16-7(9)10/h3,7H,2H2,1H3,(H2,11,12,13). The first-order valence-corrected chi connectivity index (χ1v) is 5.17. The highest BCUT2D eigenvalue weighted by molar-refractivity contribution is 7.99. The number of hydrogen-bond acceptors (Lipinski definition) is 6. The summed E-state index contributed by atoms with van der Waals surface area (Å²) in [5.41, 5.74) is 5.39. The van der Waals surface area contributed by atoms with Crippen molar-refractivity contribution in [2.75, 3.05) is 12.3 Å². The number of rotatable bonds is 4. The molecule has 1 heterocycles. The van der Waals surface area contributed by atoms with Crippen LogP contribution in [0.3, 0.4) is 0 Å². The summed E-state index contributed by atoms with van der Waals surface area (Å²) >= 11 is 0.159. The lowest BCUT2D eigenvalue weighted by atomic mass is 10.3. The van der Waals surface area contributed by atoms with E-state index in [-0.39, 0.29) is 34.9 Å². The molecule has 0 saturated heterocycles. The molecule has 0 atom stereocenters. The van der Waals surface area contributed by atoms with Gasteiger partial charge in [0.1, 0.15) is 11.4 Å². The monoisotopic (exact) mass is 249 g/mol. The number of carbonyl (C=O) groups excluding carboxylic acids is 1. The number of alkyl halides is 2. The first kappa shape index (κ1) is 12.6. The molecule has 0 bridgehead atoms. The van der Waals surface area contributed by atoms with E-state index in [1.165, 1.54) is 0 Å². The maximum atomic E-state index is 12.0. The average Bonchev–Trinajstić information content (AvgIpc) is 2.16. The van der Waals surface area contributed by atoms with Crippen molar-refractivity contribution in [1.82, 2.24) is 9.97 Å². The Morgan fingerprint density at radius 1 is 1.69 bits per heavy atom. The third-order valence-corrected chi connectivity index (χ3v) is 2.07. The number of aromatic nitrogens is 2. The molecule has 88 valence electrons. The van der Waals surface area contributed by atoms with Crippen LogP contribution in [-0.4, -0.2) is 28.3 Å². The highest BCUT2D eigenvalue weighted by atomic mass is 32.2. The van der Waals surface area contributed by atoms with Crippen LogP contribution in [0, 0.1) is 0 Å². The lowest BCUT2D eigenvalue weighted by molar-refractivity contribution is 0.0526. The highest BCUT2D eigenvalue weighted by Crippen LogP contribution is 2.22. The van der Waals surface area contributed by atoms with Gasteiger partial charge in [-0.05, 0) is 18.7 Å². The van der Waals surface area contributed by atoms with Crippen molar-refractivity contribution >= 4 is 23.5 Å². The van der Waals surface area contributed by atoms with Gasteiger partial charge in [0.2, 0.25) is 0 Å². The van der Waals surface area contributed by atoms with E-state index in [4.69, 9.17) is 5.73 Å². The first-order chi connectivity index (χ1) is 7.54. The summed E-state index contributed by atoms with van der Waals surface area (Å²) in [6, 6.07) is 0. The number of hydrogen-bond donors (Lipinski definition) is 1. The molecule has 0 aliphatic carbocycles. The molecule has 0 radical (unpaired) electrons.